The highest BCUT2D eigenvalue weighted by Gasteiger charge is 2.42. The van der Waals surface area contributed by atoms with Crippen LogP contribution in [0, 0.1) is 10.8 Å². The van der Waals surface area contributed by atoms with Crippen molar-refractivity contribution in [3.05, 3.63) is 0 Å². The lowest BCUT2D eigenvalue weighted by Gasteiger charge is -2.49. The van der Waals surface area contributed by atoms with Crippen LogP contribution in [0.25, 0.3) is 0 Å². The highest BCUT2D eigenvalue weighted by atomic mass is 15.2. The fourth-order valence-corrected chi connectivity index (χ4v) is 5.66. The van der Waals surface area contributed by atoms with E-state index >= 15 is 0 Å². The fourth-order valence-electron chi connectivity index (χ4n) is 5.66. The van der Waals surface area contributed by atoms with Crippen molar-refractivity contribution in [2.75, 3.05) is 19.6 Å². The van der Waals surface area contributed by atoms with Crippen LogP contribution in [0.4, 0.5) is 0 Å². The summed E-state index contributed by atoms with van der Waals surface area (Å²) in [6.45, 7) is 15.5. The predicted octanol–water partition coefficient (Wildman–Crippen LogP) is 7.55. The van der Waals surface area contributed by atoms with Crippen LogP contribution in [0.3, 0.4) is 0 Å². The Balaban J connectivity index is 2.56. The lowest BCUT2D eigenvalue weighted by atomic mass is 9.62. The van der Waals surface area contributed by atoms with Gasteiger partial charge in [0.05, 0.1) is 0 Å². The zero-order chi connectivity index (χ0) is 20.9. The summed E-state index contributed by atoms with van der Waals surface area (Å²) in [6, 6.07) is 0.739. The van der Waals surface area contributed by atoms with Crippen LogP contribution in [0.15, 0.2) is 0 Å². The summed E-state index contributed by atoms with van der Waals surface area (Å²) < 4.78 is 0. The van der Waals surface area contributed by atoms with Gasteiger partial charge in [-0.25, -0.2) is 0 Å². The average molecular weight is 395 g/mol. The minimum atomic E-state index is 0.326. The van der Waals surface area contributed by atoms with Gasteiger partial charge in [-0.05, 0) is 62.6 Å². The number of unbranched alkanes of at least 4 members (excludes halogenated alkanes) is 10. The van der Waals surface area contributed by atoms with Crippen LogP contribution < -0.4 is 5.73 Å². The second kappa shape index (κ2) is 14.0. The first-order valence-corrected chi connectivity index (χ1v) is 12.8. The number of hydrogen-bond acceptors (Lipinski definition) is 2. The second-order valence-corrected chi connectivity index (χ2v) is 11.0. The van der Waals surface area contributed by atoms with Gasteiger partial charge < -0.3 is 10.6 Å². The molecular formula is C26H54N2. The number of hydrogen-bond donors (Lipinski definition) is 1. The monoisotopic (exact) mass is 394 g/mol. The van der Waals surface area contributed by atoms with E-state index in [1.54, 1.807) is 0 Å². The minimum absolute atomic E-state index is 0.326. The first-order valence-electron chi connectivity index (χ1n) is 12.8. The Morgan fingerprint density at radius 2 is 1.18 bits per heavy atom. The Morgan fingerprint density at radius 3 is 1.64 bits per heavy atom. The van der Waals surface area contributed by atoms with E-state index in [4.69, 9.17) is 5.73 Å². The van der Waals surface area contributed by atoms with E-state index in [-0.39, 0.29) is 0 Å². The lowest BCUT2D eigenvalue weighted by Crippen LogP contribution is -2.49. The molecule has 2 unspecified atom stereocenters. The molecule has 1 fully saturated rings. The molecule has 0 aromatic rings. The molecule has 1 aliphatic carbocycles. The number of nitrogens with two attached hydrogens (primary N) is 1. The Hall–Kier alpha value is -0.0800. The zero-order valence-corrected chi connectivity index (χ0v) is 20.3. The molecule has 2 nitrogen and oxygen atoms in total. The maximum absolute atomic E-state index is 6.24. The summed E-state index contributed by atoms with van der Waals surface area (Å²) in [6.07, 6.45) is 20.8. The van der Waals surface area contributed by atoms with E-state index in [2.05, 4.69) is 39.5 Å². The highest BCUT2D eigenvalue weighted by Crippen LogP contribution is 2.47. The van der Waals surface area contributed by atoms with Gasteiger partial charge in [-0.3, -0.25) is 0 Å². The molecule has 0 aromatic heterocycles. The van der Waals surface area contributed by atoms with Crippen molar-refractivity contribution in [1.29, 1.82) is 0 Å². The predicted molar refractivity (Wildman–Crippen MR) is 127 cm³/mol. The van der Waals surface area contributed by atoms with Gasteiger partial charge in [0.2, 0.25) is 0 Å². The summed E-state index contributed by atoms with van der Waals surface area (Å²) in [7, 11) is 0. The third-order valence-corrected chi connectivity index (χ3v) is 7.03. The van der Waals surface area contributed by atoms with Gasteiger partial charge in [-0.2, -0.15) is 0 Å². The molecule has 0 bridgehead atoms. The molecule has 0 heterocycles. The second-order valence-electron chi connectivity index (χ2n) is 11.0. The smallest absolute Gasteiger partial charge is 0.0106 e. The Kier molecular flexibility index (Phi) is 13.0. The molecule has 28 heavy (non-hydrogen) atoms. The Bertz CT molecular complexity index is 363. The molecule has 168 valence electrons. The number of rotatable bonds is 16. The molecule has 2 atom stereocenters. The van der Waals surface area contributed by atoms with Crippen LogP contribution in [-0.2, 0) is 0 Å². The Morgan fingerprint density at radius 1 is 0.714 bits per heavy atom. The summed E-state index contributed by atoms with van der Waals surface area (Å²) in [4.78, 5) is 2.88. The molecule has 0 aliphatic heterocycles. The summed E-state index contributed by atoms with van der Waals surface area (Å²) in [5, 5.41) is 0. The van der Waals surface area contributed by atoms with Crippen LogP contribution in [0.1, 0.15) is 131 Å². The van der Waals surface area contributed by atoms with E-state index in [1.165, 1.54) is 109 Å². The molecule has 2 heteroatoms. The van der Waals surface area contributed by atoms with Crippen molar-refractivity contribution in [2.24, 2.45) is 16.6 Å². The fraction of sp³-hybridized carbons (Fsp3) is 1.00. The van der Waals surface area contributed by atoms with Crippen molar-refractivity contribution in [3.8, 4) is 0 Å². The van der Waals surface area contributed by atoms with Crippen LogP contribution in [0.5, 0.6) is 0 Å². The van der Waals surface area contributed by atoms with Crippen LogP contribution >= 0.6 is 0 Å². The first kappa shape index (κ1) is 26.0. The third kappa shape index (κ3) is 10.6. The normalized spacial score (nSPS) is 24.8. The van der Waals surface area contributed by atoms with Gasteiger partial charge in [0.25, 0.3) is 0 Å². The van der Waals surface area contributed by atoms with Gasteiger partial charge in [0, 0.05) is 6.04 Å². The molecule has 0 amide bonds. The van der Waals surface area contributed by atoms with Crippen molar-refractivity contribution in [2.45, 2.75) is 137 Å². The SMILES string of the molecule is CCCCCCCCN(CCCCCCCC)C1CC(C)(C)CC(C)(CN)C1. The van der Waals surface area contributed by atoms with Gasteiger partial charge in [0.15, 0.2) is 0 Å². The molecule has 0 spiro atoms. The van der Waals surface area contributed by atoms with E-state index in [0.717, 1.165) is 12.6 Å². The van der Waals surface area contributed by atoms with Gasteiger partial charge >= 0.3 is 0 Å². The van der Waals surface area contributed by atoms with E-state index in [0.29, 0.717) is 10.8 Å². The molecule has 0 radical (unpaired) electrons. The largest absolute Gasteiger partial charge is 0.330 e. The summed E-state index contributed by atoms with van der Waals surface area (Å²) >= 11 is 0. The molecule has 0 aromatic carbocycles. The molecule has 1 saturated carbocycles. The summed E-state index contributed by atoms with van der Waals surface area (Å²) in [5.41, 5.74) is 6.99. The van der Waals surface area contributed by atoms with E-state index in [9.17, 15) is 0 Å². The van der Waals surface area contributed by atoms with Crippen molar-refractivity contribution in [3.63, 3.8) is 0 Å². The standard InChI is InChI=1S/C26H54N2/c1-6-8-10-12-14-16-18-28(19-17-15-13-11-9-7-2)24-20-25(3,4)22-26(5,21-24)23-27/h24H,6-23,27H2,1-5H3. The molecular weight excluding hydrogens is 340 g/mol. The van der Waals surface area contributed by atoms with Gasteiger partial charge in [-0.1, -0.05) is 98.8 Å². The van der Waals surface area contributed by atoms with E-state index in [1.807, 2.05) is 0 Å². The van der Waals surface area contributed by atoms with Gasteiger partial charge in [-0.15, -0.1) is 0 Å². The van der Waals surface area contributed by atoms with Gasteiger partial charge in [0.1, 0.15) is 0 Å². The molecule has 1 rings (SSSR count). The first-order chi connectivity index (χ1) is 13.4. The van der Waals surface area contributed by atoms with Crippen LogP contribution in [-0.4, -0.2) is 30.6 Å². The molecule has 2 N–H and O–H groups in total. The van der Waals surface area contributed by atoms with Crippen molar-refractivity contribution < 1.29 is 0 Å². The Labute approximate surface area is 178 Å². The summed E-state index contributed by atoms with van der Waals surface area (Å²) in [5.74, 6) is 0. The van der Waals surface area contributed by atoms with Crippen LogP contribution in [0.2, 0.25) is 0 Å². The lowest BCUT2D eigenvalue weighted by molar-refractivity contribution is 0.0178. The highest BCUT2D eigenvalue weighted by molar-refractivity contribution is 4.95. The number of nitrogens with zero attached hydrogens (tertiary/aromatic N) is 1. The molecule has 0 saturated heterocycles. The third-order valence-electron chi connectivity index (χ3n) is 7.03. The average Bonchev–Trinajstić information content (AvgIpc) is 2.64. The van der Waals surface area contributed by atoms with E-state index < -0.39 is 0 Å². The van der Waals surface area contributed by atoms with Crippen molar-refractivity contribution in [1.82, 2.24) is 4.90 Å². The minimum Gasteiger partial charge on any atom is -0.330 e. The maximum atomic E-state index is 6.24. The maximum Gasteiger partial charge on any atom is 0.0106 e. The molecule has 1 aliphatic rings. The van der Waals surface area contributed by atoms with Crippen molar-refractivity contribution >= 4 is 0 Å². The topological polar surface area (TPSA) is 29.3 Å². The quantitative estimate of drug-likeness (QED) is 0.274. The zero-order valence-electron chi connectivity index (χ0n) is 20.3.